The van der Waals surface area contributed by atoms with Crippen LogP contribution in [0.3, 0.4) is 0 Å². The van der Waals surface area contributed by atoms with Crippen LogP contribution >= 0.6 is 15.9 Å². The van der Waals surface area contributed by atoms with E-state index in [0.29, 0.717) is 0 Å². The Morgan fingerprint density at radius 1 is 0.180 bits per heavy atom. The second-order valence-corrected chi connectivity index (χ2v) is 40.2. The first-order valence-corrected chi connectivity index (χ1v) is 52.4. The van der Waals surface area contributed by atoms with E-state index in [9.17, 15) is 0 Å². The molecule has 0 spiro atoms. The predicted octanol–water partition coefficient (Wildman–Crippen LogP) is 36.6. The molecule has 6 heterocycles. The molecule has 6 aromatic heterocycles. The number of fused-ring (bicyclic) bond motifs is 18. The topological polar surface area (TPSA) is 65.3 Å². The third kappa shape index (κ3) is 17.5. The lowest BCUT2D eigenvalue weighted by Crippen LogP contribution is -2.13. The first-order chi connectivity index (χ1) is 74.1. The van der Waals surface area contributed by atoms with Gasteiger partial charge in [0.2, 0.25) is 0 Å². The van der Waals surface area contributed by atoms with Crippen LogP contribution in [-0.2, 0) is 39.1 Å². The maximum atomic E-state index is 5.64. The van der Waals surface area contributed by atoms with Crippen LogP contribution in [-0.4, -0.2) is 27.4 Å². The van der Waals surface area contributed by atoms with E-state index in [0.717, 1.165) is 112 Å². The lowest BCUT2D eigenvalue weighted by Gasteiger charge is -2.30. The number of hydrogen-bond donors (Lipinski definition) is 1. The number of rotatable bonds is 22. The molecule has 10 nitrogen and oxygen atoms in total. The van der Waals surface area contributed by atoms with Crippen molar-refractivity contribution >= 4 is 204 Å². The van der Waals surface area contributed by atoms with E-state index in [2.05, 4.69) is 587 Å². The van der Waals surface area contributed by atoms with Crippen LogP contribution in [0, 0.1) is 6.92 Å². The van der Waals surface area contributed by atoms with E-state index >= 15 is 0 Å². The number of para-hydroxylation sites is 7. The summed E-state index contributed by atoms with van der Waals surface area (Å²) in [5.41, 5.74) is 41.8. The van der Waals surface area contributed by atoms with Gasteiger partial charge < -0.3 is 47.8 Å². The van der Waals surface area contributed by atoms with Gasteiger partial charge in [-0.05, 0) is 271 Å². The molecule has 0 atom stereocenters. The smallest absolute Gasteiger partial charge is 0.0542 e. The van der Waals surface area contributed by atoms with Gasteiger partial charge >= 0.3 is 0 Å². The molecular weight excluding hydrogens is 1890 g/mol. The van der Waals surface area contributed by atoms with Gasteiger partial charge in [-0.15, -0.1) is 0 Å². The van der Waals surface area contributed by atoms with Crippen molar-refractivity contribution in [2.45, 2.75) is 46.1 Å². The highest BCUT2D eigenvalue weighted by Crippen LogP contribution is 2.49. The van der Waals surface area contributed by atoms with Gasteiger partial charge in [0.05, 0.1) is 11.0 Å². The summed E-state index contributed by atoms with van der Waals surface area (Å²) in [6, 6.07) is 195. The van der Waals surface area contributed by atoms with Crippen LogP contribution in [0.5, 0.6) is 0 Å². The summed E-state index contributed by atoms with van der Waals surface area (Å²) in [5, 5.41) is 14.7. The number of nitrogens with two attached hydrogens (primary N) is 1. The Morgan fingerprint density at radius 3 is 0.687 bits per heavy atom. The van der Waals surface area contributed by atoms with Crippen LogP contribution in [0.15, 0.2) is 538 Å². The number of nitrogen functional groups attached to an aromatic ring is 1. The zero-order valence-corrected chi connectivity index (χ0v) is 84.6. The van der Waals surface area contributed by atoms with Crippen LogP contribution in [0.4, 0.5) is 56.9 Å². The molecule has 28 rings (SSSR count). The first kappa shape index (κ1) is 91.3. The molecule has 2 N–H and O–H groups in total. The van der Waals surface area contributed by atoms with Crippen molar-refractivity contribution in [3.8, 4) is 5.69 Å². The molecule has 150 heavy (non-hydrogen) atoms. The van der Waals surface area contributed by atoms with E-state index in [4.69, 9.17) is 5.73 Å². The molecule has 28 aromatic rings. The van der Waals surface area contributed by atoms with Crippen LogP contribution in [0.2, 0.25) is 0 Å². The quantitative estimate of drug-likeness (QED) is 0.0687. The van der Waals surface area contributed by atoms with Crippen LogP contribution < -0.4 is 20.4 Å². The molecule has 0 amide bonds. The van der Waals surface area contributed by atoms with Crippen molar-refractivity contribution in [1.29, 1.82) is 0 Å². The van der Waals surface area contributed by atoms with Gasteiger partial charge in [-0.3, -0.25) is 0 Å². The second-order valence-electron chi connectivity index (χ2n) is 39.2. The highest BCUT2D eigenvalue weighted by Gasteiger charge is 2.27. The average Bonchev–Trinajstić information content (AvgIpc) is 1.57. The Balaban J connectivity index is 0.000000263. The fourth-order valence-electron chi connectivity index (χ4n) is 22.8. The molecule has 11 heteroatoms. The summed E-state index contributed by atoms with van der Waals surface area (Å²) in [4.78, 5) is 7.37. The Kier molecular flexibility index (Phi) is 24.2. The van der Waals surface area contributed by atoms with Gasteiger partial charge in [0.1, 0.15) is 0 Å². The van der Waals surface area contributed by atoms with Gasteiger partial charge in [-0.2, -0.15) is 0 Å². The van der Waals surface area contributed by atoms with Crippen LogP contribution in [0.1, 0.15) is 44.5 Å². The van der Waals surface area contributed by atoms with Crippen molar-refractivity contribution in [1.82, 2.24) is 27.4 Å². The molecule has 0 aliphatic rings. The number of anilines is 10. The molecule has 0 saturated carbocycles. The largest absolute Gasteiger partial charge is 0.399 e. The normalized spacial score (nSPS) is 11.6. The minimum Gasteiger partial charge on any atom is -0.399 e. The summed E-state index contributed by atoms with van der Waals surface area (Å²) in [7, 11) is 0. The molecular formula is C139H105BrN10. The van der Waals surface area contributed by atoms with E-state index in [-0.39, 0.29) is 0 Å². The Bertz CT molecular complexity index is 9640. The van der Waals surface area contributed by atoms with Gasteiger partial charge in [-0.25, -0.2) is 0 Å². The Labute approximate surface area is 879 Å². The second kappa shape index (κ2) is 39.7. The number of aromatic nitrogens is 6. The van der Waals surface area contributed by atoms with E-state index in [1.165, 1.54) is 170 Å². The maximum Gasteiger partial charge on any atom is 0.0542 e. The lowest BCUT2D eigenvalue weighted by molar-refractivity contribution is 0.869. The fraction of sp³-hybridized carbons (Fsp3) is 0.0504. The molecule has 0 bridgehead atoms. The number of hydrogen-bond acceptors (Lipinski definition) is 4. The average molecular weight is 2000 g/mol. The van der Waals surface area contributed by atoms with Crippen molar-refractivity contribution in [2.75, 3.05) is 20.4 Å². The number of aryl methyl sites for hydroxylation is 1. The van der Waals surface area contributed by atoms with E-state index in [1.807, 2.05) is 12.1 Å². The molecule has 0 radical (unpaired) electrons. The van der Waals surface area contributed by atoms with Gasteiger partial charge in [0.15, 0.2) is 0 Å². The summed E-state index contributed by atoms with van der Waals surface area (Å²) in [5.74, 6) is 0. The fourth-order valence-corrected chi connectivity index (χ4v) is 23.2. The van der Waals surface area contributed by atoms with E-state index in [1.54, 1.807) is 0 Å². The third-order valence-corrected chi connectivity index (χ3v) is 30.4. The van der Waals surface area contributed by atoms with Crippen molar-refractivity contribution < 1.29 is 0 Å². The minimum atomic E-state index is 0.750. The third-order valence-electron chi connectivity index (χ3n) is 29.9. The van der Waals surface area contributed by atoms with Crippen LogP contribution in [0.25, 0.3) is 137 Å². The molecule has 0 fully saturated rings. The maximum absolute atomic E-state index is 5.64. The zero-order valence-electron chi connectivity index (χ0n) is 83.0. The minimum absolute atomic E-state index is 0.750. The lowest BCUT2D eigenvalue weighted by atomic mass is 10.0. The zero-order chi connectivity index (χ0) is 100. The van der Waals surface area contributed by atoms with Gasteiger partial charge in [0.25, 0.3) is 0 Å². The first-order valence-electron chi connectivity index (χ1n) is 51.6. The summed E-state index contributed by atoms with van der Waals surface area (Å²) < 4.78 is 15.8. The molecule has 22 aromatic carbocycles. The molecule has 0 aliphatic carbocycles. The Hall–Kier alpha value is -18.7. The van der Waals surface area contributed by atoms with Crippen molar-refractivity contribution in [2.24, 2.45) is 0 Å². The number of nitrogens with zero attached hydrogens (tertiary/aromatic N) is 9. The van der Waals surface area contributed by atoms with Gasteiger partial charge in [0, 0.05) is 220 Å². The number of halogens is 1. The standard InChI is InChI=1S/C106H76N8.C19H14BrN.C14H15N/c1-6-26-73(27-7-1)69-107-97-41-21-16-36-87(97)92-64-82(54-59-101(92)107)111(79-48-52-81(53-49-79)113(86-58-63-106-96(68-86)91-40-20-25-45-105(91)114(106)77-34-14-5-15-35-77)85-57-62-104-95(67-85)90-39-19-24-44-100(90)110(104)72-76-32-12-4-13-33-76)78-46-50-80(51-47-78)112(83-55-60-102-93(65-83)88-37-17-22-42-98(88)108(102)70-74-28-8-2-9-29-74)84-56-61-103-94(66-84)89-38-18-23-43-99(89)109(103)71-75-30-10-3-11-31-75;20-15-10-11-19-17(12-15)16-8-4-5-9-18(16)21(19)13-14-6-2-1-3-7-14;1-11-2-4-12(5-3-11)10-13-6-8-14(15)9-7-13/h1-68H,69-72H2;1-12H,13H2;2-9H,10,15H2,1H3. The predicted molar refractivity (Wildman–Crippen MR) is 637 cm³/mol. The summed E-state index contributed by atoms with van der Waals surface area (Å²) >= 11 is 3.58. The Morgan fingerprint density at radius 2 is 0.387 bits per heavy atom. The molecule has 0 aliphatic heterocycles. The summed E-state index contributed by atoms with van der Waals surface area (Å²) in [6.45, 7) is 6.03. The molecule has 0 unspecified atom stereocenters. The van der Waals surface area contributed by atoms with Gasteiger partial charge in [-0.1, -0.05) is 337 Å². The highest BCUT2D eigenvalue weighted by molar-refractivity contribution is 9.10. The van der Waals surface area contributed by atoms with E-state index < -0.39 is 0 Å². The molecule has 718 valence electrons. The highest BCUT2D eigenvalue weighted by atomic mass is 79.9. The van der Waals surface area contributed by atoms with Crippen molar-refractivity contribution in [3.63, 3.8) is 0 Å². The summed E-state index contributed by atoms with van der Waals surface area (Å²) in [6.07, 6.45) is 0.973. The van der Waals surface area contributed by atoms with Crippen molar-refractivity contribution in [3.05, 3.63) is 583 Å². The monoisotopic (exact) mass is 1990 g/mol. The number of benzene rings is 22. The SMILES string of the molecule is Brc1ccc2c(c1)c1ccccc1n2Cc1ccccc1.Cc1ccc(Cc2ccc(N)cc2)cc1.c1ccc(Cn2c3ccccc3c3cc(N(c4ccc(N(c5ccc6c(c5)c5ccccc5n6Cc5ccccc5)c5ccc6c(c5)c5ccccc5n6Cc5ccccc5)cc4)c4ccc(N(c5ccc6c(c5)c5ccccc5n6Cc5ccccc5)c5ccc6c(c5)c5ccccc5n6-c5ccccc5)cc4)ccc32)cc1. The molecule has 0 saturated heterocycles.